The molecule has 0 fully saturated rings. The van der Waals surface area contributed by atoms with E-state index >= 15 is 0 Å². The normalized spacial score (nSPS) is 13.0. The molecule has 0 N–H and O–H groups in total. The van der Waals surface area contributed by atoms with Gasteiger partial charge in [0, 0.05) is 25.0 Å². The maximum atomic E-state index is 5.44. The Balaban J connectivity index is 2.20. The van der Waals surface area contributed by atoms with E-state index in [2.05, 4.69) is 15.1 Å². The van der Waals surface area contributed by atoms with Crippen LogP contribution in [0.5, 0.6) is 17.2 Å². The van der Waals surface area contributed by atoms with Gasteiger partial charge in [0.05, 0.1) is 21.3 Å². The number of fused-ring (bicyclic) bond motifs is 1. The summed E-state index contributed by atoms with van der Waals surface area (Å²) >= 11 is 0. The van der Waals surface area contributed by atoms with Gasteiger partial charge < -0.3 is 14.2 Å². The first-order valence-corrected chi connectivity index (χ1v) is 7.28. The molecule has 1 aromatic carbocycles. The van der Waals surface area contributed by atoms with Crippen molar-refractivity contribution in [3.05, 3.63) is 41.9 Å². The molecule has 1 aliphatic rings. The number of benzene rings is 1. The molecular formula is C17H18N4O3. The van der Waals surface area contributed by atoms with Crippen LogP contribution in [0.3, 0.4) is 0 Å². The lowest BCUT2D eigenvalue weighted by Gasteiger charge is -2.17. The lowest BCUT2D eigenvalue weighted by atomic mass is 9.98. The third kappa shape index (κ3) is 2.64. The minimum atomic E-state index is 0.549. The van der Waals surface area contributed by atoms with Crippen molar-refractivity contribution >= 4 is 17.6 Å². The largest absolute Gasteiger partial charge is 0.493 e. The van der Waals surface area contributed by atoms with Gasteiger partial charge in [-0.1, -0.05) is 0 Å². The highest BCUT2D eigenvalue weighted by Crippen LogP contribution is 2.42. The van der Waals surface area contributed by atoms with Crippen molar-refractivity contribution in [1.82, 2.24) is 9.97 Å². The predicted molar refractivity (Wildman–Crippen MR) is 92.1 cm³/mol. The third-order valence-electron chi connectivity index (χ3n) is 3.74. The molecule has 3 rings (SSSR count). The van der Waals surface area contributed by atoms with Crippen LogP contribution in [-0.2, 0) is 0 Å². The minimum absolute atomic E-state index is 0.549. The molecule has 2 aromatic rings. The van der Waals surface area contributed by atoms with Gasteiger partial charge in [0.1, 0.15) is 6.33 Å². The molecule has 124 valence electrons. The summed E-state index contributed by atoms with van der Waals surface area (Å²) in [5.74, 6) is 2.44. The smallest absolute Gasteiger partial charge is 0.203 e. The molecule has 2 heterocycles. The predicted octanol–water partition coefficient (Wildman–Crippen LogP) is 2.37. The van der Waals surface area contributed by atoms with E-state index < -0.39 is 0 Å². The van der Waals surface area contributed by atoms with Crippen molar-refractivity contribution in [2.75, 3.05) is 33.4 Å². The molecule has 0 saturated heterocycles. The zero-order valence-corrected chi connectivity index (χ0v) is 14.0. The SMILES string of the molecule is COc1cc(C2=CC=NN(C)c3ncncc32)cc(OC)c1OC. The van der Waals surface area contributed by atoms with E-state index in [0.717, 1.165) is 22.5 Å². The second kappa shape index (κ2) is 6.57. The van der Waals surface area contributed by atoms with Crippen molar-refractivity contribution in [1.29, 1.82) is 0 Å². The third-order valence-corrected chi connectivity index (χ3v) is 3.74. The van der Waals surface area contributed by atoms with Crippen LogP contribution in [0.2, 0.25) is 0 Å². The zero-order valence-electron chi connectivity index (χ0n) is 14.0. The molecule has 24 heavy (non-hydrogen) atoms. The Labute approximate surface area is 140 Å². The molecule has 1 aliphatic heterocycles. The van der Waals surface area contributed by atoms with E-state index in [1.54, 1.807) is 38.7 Å². The van der Waals surface area contributed by atoms with E-state index in [1.165, 1.54) is 6.33 Å². The van der Waals surface area contributed by atoms with Crippen molar-refractivity contribution in [2.24, 2.45) is 5.10 Å². The van der Waals surface area contributed by atoms with E-state index in [4.69, 9.17) is 14.2 Å². The van der Waals surface area contributed by atoms with E-state index in [1.807, 2.05) is 25.3 Å². The highest BCUT2D eigenvalue weighted by Gasteiger charge is 2.20. The Morgan fingerprint density at radius 1 is 1.00 bits per heavy atom. The van der Waals surface area contributed by atoms with Gasteiger partial charge in [-0.05, 0) is 29.3 Å². The highest BCUT2D eigenvalue weighted by atomic mass is 16.5. The number of hydrogen-bond donors (Lipinski definition) is 0. The fourth-order valence-electron chi connectivity index (χ4n) is 2.61. The maximum absolute atomic E-state index is 5.44. The van der Waals surface area contributed by atoms with Crippen LogP contribution in [0.15, 0.2) is 35.8 Å². The number of ether oxygens (including phenoxy) is 3. The first-order valence-electron chi connectivity index (χ1n) is 7.28. The quantitative estimate of drug-likeness (QED) is 0.859. The second-order valence-electron chi connectivity index (χ2n) is 5.04. The maximum Gasteiger partial charge on any atom is 0.203 e. The van der Waals surface area contributed by atoms with Crippen LogP contribution >= 0.6 is 0 Å². The van der Waals surface area contributed by atoms with Crippen LogP contribution in [0, 0.1) is 0 Å². The van der Waals surface area contributed by atoms with Gasteiger partial charge in [0.15, 0.2) is 17.3 Å². The summed E-state index contributed by atoms with van der Waals surface area (Å²) in [6.45, 7) is 0. The molecule has 0 aliphatic carbocycles. The van der Waals surface area contributed by atoms with Crippen molar-refractivity contribution < 1.29 is 14.2 Å². The van der Waals surface area contributed by atoms with E-state index in [9.17, 15) is 0 Å². The summed E-state index contributed by atoms with van der Waals surface area (Å²) in [5.41, 5.74) is 2.67. The number of nitrogens with zero attached hydrogens (tertiary/aromatic N) is 4. The number of anilines is 1. The monoisotopic (exact) mass is 326 g/mol. The van der Waals surface area contributed by atoms with Gasteiger partial charge in [-0.2, -0.15) is 5.10 Å². The molecule has 0 amide bonds. The van der Waals surface area contributed by atoms with Gasteiger partial charge in [0.2, 0.25) is 5.75 Å². The molecule has 7 nitrogen and oxygen atoms in total. The lowest BCUT2D eigenvalue weighted by molar-refractivity contribution is 0.324. The molecule has 0 bridgehead atoms. The topological polar surface area (TPSA) is 69.1 Å². The highest BCUT2D eigenvalue weighted by molar-refractivity contribution is 5.96. The van der Waals surface area contributed by atoms with Crippen LogP contribution in [0.4, 0.5) is 5.82 Å². The van der Waals surface area contributed by atoms with Crippen LogP contribution in [0.1, 0.15) is 11.1 Å². The average Bonchev–Trinajstić information content (AvgIpc) is 2.79. The first-order chi connectivity index (χ1) is 11.7. The van der Waals surface area contributed by atoms with Gasteiger partial charge in [0.25, 0.3) is 0 Å². The number of hydrogen-bond acceptors (Lipinski definition) is 7. The number of methoxy groups -OCH3 is 3. The molecule has 0 radical (unpaired) electrons. The van der Waals surface area contributed by atoms with Crippen molar-refractivity contribution in [3.8, 4) is 17.2 Å². The molecule has 7 heteroatoms. The number of aromatic nitrogens is 2. The van der Waals surface area contributed by atoms with Gasteiger partial charge in [-0.25, -0.2) is 9.97 Å². The fraction of sp³-hybridized carbons (Fsp3) is 0.235. The van der Waals surface area contributed by atoms with Gasteiger partial charge >= 0.3 is 0 Å². The Hall–Kier alpha value is -3.09. The molecular weight excluding hydrogens is 308 g/mol. The van der Waals surface area contributed by atoms with Crippen LogP contribution < -0.4 is 19.2 Å². The summed E-state index contributed by atoms with van der Waals surface area (Å²) < 4.78 is 16.3. The Morgan fingerprint density at radius 2 is 1.71 bits per heavy atom. The molecule has 0 spiro atoms. The summed E-state index contributed by atoms with van der Waals surface area (Å²) in [6.07, 6.45) is 6.90. The zero-order chi connectivity index (χ0) is 17.1. The fourth-order valence-corrected chi connectivity index (χ4v) is 2.61. The first kappa shape index (κ1) is 15.8. The average molecular weight is 326 g/mol. The number of hydrazone groups is 1. The van der Waals surface area contributed by atoms with Crippen molar-refractivity contribution in [2.45, 2.75) is 0 Å². The summed E-state index contributed by atoms with van der Waals surface area (Å²) in [4.78, 5) is 8.48. The minimum Gasteiger partial charge on any atom is -0.493 e. The molecule has 0 atom stereocenters. The van der Waals surface area contributed by atoms with Crippen LogP contribution in [-0.4, -0.2) is 44.6 Å². The van der Waals surface area contributed by atoms with E-state index in [0.29, 0.717) is 17.2 Å². The van der Waals surface area contributed by atoms with Crippen LogP contribution in [0.25, 0.3) is 5.57 Å². The van der Waals surface area contributed by atoms with Gasteiger partial charge in [-0.15, -0.1) is 0 Å². The number of allylic oxidation sites excluding steroid dienone is 1. The Bertz CT molecular complexity index is 792. The second-order valence-corrected chi connectivity index (χ2v) is 5.04. The standard InChI is InChI=1S/C17H18N4O3/c1-21-17-13(9-18-10-19-17)12(5-6-20-21)11-7-14(22-2)16(24-4)15(8-11)23-3/h5-10H,1-4H3. The lowest BCUT2D eigenvalue weighted by Crippen LogP contribution is -2.11. The Kier molecular flexibility index (Phi) is 4.33. The van der Waals surface area contributed by atoms with Crippen molar-refractivity contribution in [3.63, 3.8) is 0 Å². The molecule has 1 aromatic heterocycles. The summed E-state index contributed by atoms with van der Waals surface area (Å²) in [6, 6.07) is 3.78. The van der Waals surface area contributed by atoms with Gasteiger partial charge in [-0.3, -0.25) is 5.01 Å². The van der Waals surface area contributed by atoms with E-state index in [-0.39, 0.29) is 0 Å². The Morgan fingerprint density at radius 3 is 2.33 bits per heavy atom. The molecule has 0 saturated carbocycles. The molecule has 0 unspecified atom stereocenters. The summed E-state index contributed by atoms with van der Waals surface area (Å²) in [5, 5.41) is 6.02. The summed E-state index contributed by atoms with van der Waals surface area (Å²) in [7, 11) is 6.60. The number of rotatable bonds is 4.